The molecule has 0 amide bonds. The SMILES string of the molecule is CCCN1CCN(CC(=O)c2ccc(C)s2)CC1. The maximum Gasteiger partial charge on any atom is 0.186 e. The molecule has 0 spiro atoms. The lowest BCUT2D eigenvalue weighted by atomic mass is 10.2. The zero-order valence-corrected chi connectivity index (χ0v) is 12.1. The second kappa shape index (κ2) is 6.45. The van der Waals surface area contributed by atoms with E-state index in [2.05, 4.69) is 16.7 Å². The Kier molecular flexibility index (Phi) is 4.92. The van der Waals surface area contributed by atoms with Crippen LogP contribution in [0.25, 0.3) is 0 Å². The molecule has 18 heavy (non-hydrogen) atoms. The number of piperazine rings is 1. The van der Waals surface area contributed by atoms with Crippen LogP contribution in [0.3, 0.4) is 0 Å². The van der Waals surface area contributed by atoms with Gasteiger partial charge >= 0.3 is 0 Å². The van der Waals surface area contributed by atoms with Gasteiger partial charge in [0.2, 0.25) is 0 Å². The van der Waals surface area contributed by atoms with Crippen molar-refractivity contribution in [1.29, 1.82) is 0 Å². The molecule has 0 N–H and O–H groups in total. The van der Waals surface area contributed by atoms with Crippen molar-refractivity contribution in [3.05, 3.63) is 21.9 Å². The fourth-order valence-corrected chi connectivity index (χ4v) is 3.15. The third kappa shape index (κ3) is 3.64. The molecule has 0 radical (unpaired) electrons. The summed E-state index contributed by atoms with van der Waals surface area (Å²) in [5.74, 6) is 0.275. The highest BCUT2D eigenvalue weighted by Gasteiger charge is 2.19. The van der Waals surface area contributed by atoms with Crippen molar-refractivity contribution in [2.45, 2.75) is 20.3 Å². The predicted molar refractivity (Wildman–Crippen MR) is 76.6 cm³/mol. The number of hydrogen-bond acceptors (Lipinski definition) is 4. The van der Waals surface area contributed by atoms with Crippen molar-refractivity contribution in [2.75, 3.05) is 39.3 Å². The van der Waals surface area contributed by atoms with Gasteiger partial charge in [-0.2, -0.15) is 0 Å². The molecular formula is C14H22N2OS. The van der Waals surface area contributed by atoms with Crippen LogP contribution in [0.1, 0.15) is 27.9 Å². The van der Waals surface area contributed by atoms with Gasteiger partial charge in [-0.1, -0.05) is 6.92 Å². The molecule has 1 fully saturated rings. The number of aryl methyl sites for hydroxylation is 1. The molecule has 2 heterocycles. The first-order valence-electron chi connectivity index (χ1n) is 6.73. The third-order valence-electron chi connectivity index (χ3n) is 3.39. The predicted octanol–water partition coefficient (Wildman–Crippen LogP) is 2.27. The molecule has 1 aromatic rings. The standard InChI is InChI=1S/C14H22N2OS/c1-3-6-15-7-9-16(10-8-15)11-13(17)14-5-4-12(2)18-14/h4-5H,3,6-11H2,1-2H3. The average Bonchev–Trinajstić information content (AvgIpc) is 2.79. The summed E-state index contributed by atoms with van der Waals surface area (Å²) in [5.41, 5.74) is 0. The molecule has 2 rings (SSSR count). The van der Waals surface area contributed by atoms with Crippen molar-refractivity contribution in [1.82, 2.24) is 9.80 Å². The van der Waals surface area contributed by atoms with E-state index >= 15 is 0 Å². The molecule has 0 atom stereocenters. The van der Waals surface area contributed by atoms with Crippen LogP contribution in [0.4, 0.5) is 0 Å². The average molecular weight is 266 g/mol. The van der Waals surface area contributed by atoms with E-state index < -0.39 is 0 Å². The van der Waals surface area contributed by atoms with Gasteiger partial charge in [0.25, 0.3) is 0 Å². The number of hydrogen-bond donors (Lipinski definition) is 0. The van der Waals surface area contributed by atoms with Gasteiger partial charge in [-0.3, -0.25) is 9.69 Å². The van der Waals surface area contributed by atoms with Crippen LogP contribution >= 0.6 is 11.3 Å². The van der Waals surface area contributed by atoms with E-state index in [1.807, 2.05) is 19.1 Å². The highest BCUT2D eigenvalue weighted by molar-refractivity contribution is 7.14. The molecule has 0 bridgehead atoms. The number of carbonyl (C=O) groups excluding carboxylic acids is 1. The largest absolute Gasteiger partial charge is 0.301 e. The highest BCUT2D eigenvalue weighted by Crippen LogP contribution is 2.16. The Morgan fingerprint density at radius 3 is 2.44 bits per heavy atom. The lowest BCUT2D eigenvalue weighted by Crippen LogP contribution is -2.47. The van der Waals surface area contributed by atoms with Crippen LogP contribution in [0, 0.1) is 6.92 Å². The van der Waals surface area contributed by atoms with E-state index in [9.17, 15) is 4.79 Å². The molecule has 3 nitrogen and oxygen atoms in total. The van der Waals surface area contributed by atoms with E-state index in [4.69, 9.17) is 0 Å². The molecule has 4 heteroatoms. The smallest absolute Gasteiger partial charge is 0.186 e. The van der Waals surface area contributed by atoms with Crippen molar-refractivity contribution < 1.29 is 4.79 Å². The van der Waals surface area contributed by atoms with Crippen molar-refractivity contribution >= 4 is 17.1 Å². The molecule has 1 aliphatic rings. The second-order valence-corrected chi connectivity index (χ2v) is 6.24. The van der Waals surface area contributed by atoms with Gasteiger partial charge in [0.05, 0.1) is 11.4 Å². The summed E-state index contributed by atoms with van der Waals surface area (Å²) in [6, 6.07) is 3.98. The van der Waals surface area contributed by atoms with Crippen molar-refractivity contribution in [2.24, 2.45) is 0 Å². The minimum Gasteiger partial charge on any atom is -0.301 e. The Balaban J connectivity index is 1.79. The minimum atomic E-state index is 0.275. The Labute approximate surface area is 113 Å². The molecule has 0 aliphatic carbocycles. The van der Waals surface area contributed by atoms with E-state index in [0.717, 1.165) is 31.1 Å². The minimum absolute atomic E-state index is 0.275. The van der Waals surface area contributed by atoms with Crippen molar-refractivity contribution in [3.8, 4) is 0 Å². The Bertz CT molecular complexity index is 394. The normalized spacial score (nSPS) is 18.1. The Morgan fingerprint density at radius 2 is 1.89 bits per heavy atom. The molecule has 0 aromatic carbocycles. The number of ketones is 1. The summed E-state index contributed by atoms with van der Waals surface area (Å²) in [7, 11) is 0. The van der Waals surface area contributed by atoms with E-state index in [1.165, 1.54) is 17.8 Å². The number of thiophene rings is 1. The molecular weight excluding hydrogens is 244 g/mol. The van der Waals surface area contributed by atoms with Gasteiger partial charge in [-0.15, -0.1) is 11.3 Å². The summed E-state index contributed by atoms with van der Waals surface area (Å²) in [4.78, 5) is 19.0. The number of carbonyl (C=O) groups is 1. The van der Waals surface area contributed by atoms with Crippen LogP contribution in [0.5, 0.6) is 0 Å². The first kappa shape index (κ1) is 13.7. The van der Waals surface area contributed by atoms with E-state index in [-0.39, 0.29) is 5.78 Å². The van der Waals surface area contributed by atoms with E-state index in [1.54, 1.807) is 11.3 Å². The molecule has 100 valence electrons. The molecule has 1 aliphatic heterocycles. The topological polar surface area (TPSA) is 23.6 Å². The molecule has 0 unspecified atom stereocenters. The zero-order valence-electron chi connectivity index (χ0n) is 11.3. The lowest BCUT2D eigenvalue weighted by Gasteiger charge is -2.33. The van der Waals surface area contributed by atoms with Crippen molar-refractivity contribution in [3.63, 3.8) is 0 Å². The lowest BCUT2D eigenvalue weighted by molar-refractivity contribution is 0.0856. The summed E-state index contributed by atoms with van der Waals surface area (Å²) >= 11 is 1.61. The zero-order chi connectivity index (χ0) is 13.0. The highest BCUT2D eigenvalue weighted by atomic mass is 32.1. The maximum absolute atomic E-state index is 12.1. The molecule has 1 saturated heterocycles. The molecule has 0 saturated carbocycles. The fraction of sp³-hybridized carbons (Fsp3) is 0.643. The third-order valence-corrected chi connectivity index (χ3v) is 4.43. The van der Waals surface area contributed by atoms with Gasteiger partial charge in [0, 0.05) is 31.1 Å². The summed E-state index contributed by atoms with van der Waals surface area (Å²) in [6.45, 7) is 10.3. The van der Waals surface area contributed by atoms with Gasteiger partial charge in [0.15, 0.2) is 5.78 Å². The van der Waals surface area contributed by atoms with Crippen LogP contribution in [-0.2, 0) is 0 Å². The summed E-state index contributed by atoms with van der Waals surface area (Å²) in [5, 5.41) is 0. The maximum atomic E-state index is 12.1. The van der Waals surface area contributed by atoms with Gasteiger partial charge in [-0.25, -0.2) is 0 Å². The molecule has 1 aromatic heterocycles. The van der Waals surface area contributed by atoms with Gasteiger partial charge in [0.1, 0.15) is 0 Å². The van der Waals surface area contributed by atoms with Crippen LogP contribution in [0.2, 0.25) is 0 Å². The van der Waals surface area contributed by atoms with E-state index in [0.29, 0.717) is 6.54 Å². The van der Waals surface area contributed by atoms with Crippen LogP contribution in [-0.4, -0.2) is 54.9 Å². The number of rotatable bonds is 5. The van der Waals surface area contributed by atoms with Crippen LogP contribution < -0.4 is 0 Å². The fourth-order valence-electron chi connectivity index (χ4n) is 2.35. The summed E-state index contributed by atoms with van der Waals surface area (Å²) in [6.07, 6.45) is 1.22. The van der Waals surface area contributed by atoms with Crippen LogP contribution in [0.15, 0.2) is 12.1 Å². The summed E-state index contributed by atoms with van der Waals surface area (Å²) < 4.78 is 0. The first-order chi connectivity index (χ1) is 8.69. The monoisotopic (exact) mass is 266 g/mol. The number of Topliss-reactive ketones (excluding diaryl/α,β-unsaturated/α-hetero) is 1. The van der Waals surface area contributed by atoms with Gasteiger partial charge in [-0.05, 0) is 32.0 Å². The Hall–Kier alpha value is -0.710. The first-order valence-corrected chi connectivity index (χ1v) is 7.55. The second-order valence-electron chi connectivity index (χ2n) is 4.95. The quantitative estimate of drug-likeness (QED) is 0.764. The number of nitrogens with zero attached hydrogens (tertiary/aromatic N) is 2. The van der Waals surface area contributed by atoms with Gasteiger partial charge < -0.3 is 4.90 Å². The Morgan fingerprint density at radius 1 is 1.22 bits per heavy atom.